The standard InChI is InChI=1S/C12H11IN2O4S2/c1-7-6-20-12(14-7)15-21(17,18)8-3-4-10(13)9(5-8)11(16)19-2/h3-6H,1-2H3,(H,14,15). The van der Waals surface area contributed by atoms with E-state index in [0.29, 0.717) is 3.57 Å². The molecule has 0 aliphatic rings. The number of rotatable bonds is 4. The van der Waals surface area contributed by atoms with Gasteiger partial charge in [0.25, 0.3) is 10.0 Å². The highest BCUT2D eigenvalue weighted by Gasteiger charge is 2.20. The number of methoxy groups -OCH3 is 1. The Bertz CT molecular complexity index is 786. The molecule has 0 aliphatic heterocycles. The van der Waals surface area contributed by atoms with Crippen LogP contribution in [0.1, 0.15) is 16.1 Å². The van der Waals surface area contributed by atoms with E-state index in [0.717, 1.165) is 5.69 Å². The summed E-state index contributed by atoms with van der Waals surface area (Å²) in [5.41, 5.74) is 0.937. The number of benzene rings is 1. The van der Waals surface area contributed by atoms with E-state index < -0.39 is 16.0 Å². The fourth-order valence-electron chi connectivity index (χ4n) is 1.51. The second kappa shape index (κ2) is 6.28. The van der Waals surface area contributed by atoms with E-state index in [1.807, 2.05) is 22.6 Å². The lowest BCUT2D eigenvalue weighted by atomic mass is 10.2. The lowest BCUT2D eigenvalue weighted by Gasteiger charge is -2.08. The summed E-state index contributed by atoms with van der Waals surface area (Å²) in [6.07, 6.45) is 0. The van der Waals surface area contributed by atoms with Crippen LogP contribution in [-0.4, -0.2) is 26.5 Å². The number of anilines is 1. The molecule has 112 valence electrons. The first kappa shape index (κ1) is 16.2. The molecule has 1 aromatic heterocycles. The number of carbonyl (C=O) groups is 1. The molecule has 1 N–H and O–H groups in total. The van der Waals surface area contributed by atoms with Crippen LogP contribution >= 0.6 is 33.9 Å². The first-order chi connectivity index (χ1) is 9.83. The highest BCUT2D eigenvalue weighted by molar-refractivity contribution is 14.1. The van der Waals surface area contributed by atoms with Crippen LogP contribution in [0.5, 0.6) is 0 Å². The normalized spacial score (nSPS) is 11.2. The fourth-order valence-corrected chi connectivity index (χ4v) is 4.04. The molecular weight excluding hydrogens is 427 g/mol. The second-order valence-electron chi connectivity index (χ2n) is 4.03. The van der Waals surface area contributed by atoms with Crippen LogP contribution < -0.4 is 4.72 Å². The molecule has 0 bridgehead atoms. The maximum absolute atomic E-state index is 12.3. The summed E-state index contributed by atoms with van der Waals surface area (Å²) in [5.74, 6) is -0.582. The number of hydrogen-bond acceptors (Lipinski definition) is 6. The zero-order chi connectivity index (χ0) is 15.6. The lowest BCUT2D eigenvalue weighted by molar-refractivity contribution is 0.0599. The molecule has 0 amide bonds. The molecule has 21 heavy (non-hydrogen) atoms. The van der Waals surface area contributed by atoms with Gasteiger partial charge in [-0.15, -0.1) is 11.3 Å². The molecule has 9 heteroatoms. The van der Waals surface area contributed by atoms with Crippen LogP contribution in [-0.2, 0) is 14.8 Å². The number of sulfonamides is 1. The number of aromatic nitrogens is 1. The number of halogens is 1. The SMILES string of the molecule is COC(=O)c1cc(S(=O)(=O)Nc2nc(C)cs2)ccc1I. The second-order valence-corrected chi connectivity index (χ2v) is 7.74. The summed E-state index contributed by atoms with van der Waals surface area (Å²) in [6.45, 7) is 1.77. The van der Waals surface area contributed by atoms with Gasteiger partial charge in [0.15, 0.2) is 5.13 Å². The predicted octanol–water partition coefficient (Wildman–Crippen LogP) is 2.64. The third-order valence-corrected chi connectivity index (χ3v) is 5.78. The molecule has 2 aromatic rings. The Morgan fingerprint density at radius 2 is 2.14 bits per heavy atom. The summed E-state index contributed by atoms with van der Waals surface area (Å²) in [6, 6.07) is 4.27. The topological polar surface area (TPSA) is 85.4 Å². The molecule has 0 atom stereocenters. The Morgan fingerprint density at radius 3 is 2.71 bits per heavy atom. The summed E-state index contributed by atoms with van der Waals surface area (Å²) in [7, 11) is -2.55. The van der Waals surface area contributed by atoms with Crippen LogP contribution in [0.15, 0.2) is 28.5 Å². The van der Waals surface area contributed by atoms with Gasteiger partial charge in [0.1, 0.15) is 0 Å². The number of thiazole rings is 1. The van der Waals surface area contributed by atoms with Gasteiger partial charge in [-0.25, -0.2) is 18.2 Å². The largest absolute Gasteiger partial charge is 0.465 e. The molecule has 0 aliphatic carbocycles. The quantitative estimate of drug-likeness (QED) is 0.586. The van der Waals surface area contributed by atoms with Crippen LogP contribution in [0.25, 0.3) is 0 Å². The van der Waals surface area contributed by atoms with Gasteiger partial charge in [-0.05, 0) is 47.7 Å². The van der Waals surface area contributed by atoms with Crippen molar-refractivity contribution in [1.82, 2.24) is 4.98 Å². The number of ether oxygens (including phenoxy) is 1. The van der Waals surface area contributed by atoms with Gasteiger partial charge in [0.2, 0.25) is 0 Å². The van der Waals surface area contributed by atoms with Crippen molar-refractivity contribution in [1.29, 1.82) is 0 Å². The van der Waals surface area contributed by atoms with Gasteiger partial charge in [0.05, 0.1) is 23.3 Å². The molecule has 0 saturated heterocycles. The Hall–Kier alpha value is -1.20. The highest BCUT2D eigenvalue weighted by atomic mass is 127. The number of esters is 1. The van der Waals surface area contributed by atoms with Crippen molar-refractivity contribution in [2.75, 3.05) is 11.8 Å². The molecule has 0 spiro atoms. The maximum Gasteiger partial charge on any atom is 0.338 e. The highest BCUT2D eigenvalue weighted by Crippen LogP contribution is 2.22. The third kappa shape index (κ3) is 3.71. The molecule has 0 fully saturated rings. The molecule has 2 rings (SSSR count). The number of nitrogens with zero attached hydrogens (tertiary/aromatic N) is 1. The summed E-state index contributed by atoms with van der Waals surface area (Å²) < 4.78 is 32.2. The molecule has 0 unspecified atom stereocenters. The molecular formula is C12H11IN2O4S2. The first-order valence-corrected chi connectivity index (χ1v) is 9.10. The van der Waals surface area contributed by atoms with Crippen LogP contribution in [0, 0.1) is 10.5 Å². The first-order valence-electron chi connectivity index (χ1n) is 5.66. The molecule has 0 radical (unpaired) electrons. The minimum Gasteiger partial charge on any atom is -0.465 e. The minimum absolute atomic E-state index is 0.0174. The van der Waals surface area contributed by atoms with Gasteiger partial charge in [0, 0.05) is 8.95 Å². The van der Waals surface area contributed by atoms with Crippen molar-refractivity contribution in [3.8, 4) is 0 Å². The average molecular weight is 438 g/mol. The minimum atomic E-state index is -3.79. The Labute approximate surface area is 139 Å². The Balaban J connectivity index is 2.38. The van der Waals surface area contributed by atoms with Crippen molar-refractivity contribution in [3.05, 3.63) is 38.4 Å². The number of hydrogen-bond donors (Lipinski definition) is 1. The van der Waals surface area contributed by atoms with E-state index in [9.17, 15) is 13.2 Å². The molecule has 1 aromatic carbocycles. The van der Waals surface area contributed by atoms with Gasteiger partial charge in [-0.1, -0.05) is 0 Å². The van der Waals surface area contributed by atoms with Gasteiger partial charge < -0.3 is 4.74 Å². The van der Waals surface area contributed by atoms with E-state index in [4.69, 9.17) is 0 Å². The van der Waals surface area contributed by atoms with Crippen LogP contribution in [0.2, 0.25) is 0 Å². The van der Waals surface area contributed by atoms with E-state index in [1.54, 1.807) is 18.4 Å². The Morgan fingerprint density at radius 1 is 1.43 bits per heavy atom. The van der Waals surface area contributed by atoms with Gasteiger partial charge in [-0.3, -0.25) is 4.72 Å². The predicted molar refractivity (Wildman–Crippen MR) is 88.2 cm³/mol. The van der Waals surface area contributed by atoms with Gasteiger partial charge >= 0.3 is 5.97 Å². The summed E-state index contributed by atoms with van der Waals surface area (Å²) in [5, 5.41) is 2.02. The third-order valence-electron chi connectivity index (χ3n) is 2.49. The monoisotopic (exact) mass is 438 g/mol. The Kier molecular flexibility index (Phi) is 4.84. The lowest BCUT2D eigenvalue weighted by Crippen LogP contribution is -2.14. The average Bonchev–Trinajstić information content (AvgIpc) is 2.82. The van der Waals surface area contributed by atoms with Crippen molar-refractivity contribution in [3.63, 3.8) is 0 Å². The van der Waals surface area contributed by atoms with Crippen LogP contribution in [0.3, 0.4) is 0 Å². The van der Waals surface area contributed by atoms with Crippen molar-refractivity contribution in [2.45, 2.75) is 11.8 Å². The van der Waals surface area contributed by atoms with Crippen molar-refractivity contribution in [2.24, 2.45) is 0 Å². The van der Waals surface area contributed by atoms with E-state index in [2.05, 4.69) is 14.4 Å². The van der Waals surface area contributed by atoms with Gasteiger partial charge in [-0.2, -0.15) is 0 Å². The zero-order valence-electron chi connectivity index (χ0n) is 11.1. The summed E-state index contributed by atoms with van der Waals surface area (Å²) in [4.78, 5) is 15.7. The smallest absolute Gasteiger partial charge is 0.338 e. The molecule has 6 nitrogen and oxygen atoms in total. The molecule has 0 saturated carbocycles. The number of aryl methyl sites for hydroxylation is 1. The van der Waals surface area contributed by atoms with Crippen molar-refractivity contribution < 1.29 is 17.9 Å². The van der Waals surface area contributed by atoms with E-state index in [1.165, 1.54) is 30.6 Å². The number of carbonyl (C=O) groups excluding carboxylic acids is 1. The van der Waals surface area contributed by atoms with E-state index >= 15 is 0 Å². The maximum atomic E-state index is 12.3. The summed E-state index contributed by atoms with van der Waals surface area (Å²) >= 11 is 3.14. The van der Waals surface area contributed by atoms with E-state index in [-0.39, 0.29) is 15.6 Å². The fraction of sp³-hybridized carbons (Fsp3) is 0.167. The molecule has 1 heterocycles. The zero-order valence-corrected chi connectivity index (χ0v) is 14.9. The number of nitrogens with one attached hydrogen (secondary N) is 1. The van der Waals surface area contributed by atoms with Crippen molar-refractivity contribution >= 4 is 55.1 Å². The van der Waals surface area contributed by atoms with Crippen LogP contribution in [0.4, 0.5) is 5.13 Å².